The molecule has 144 valence electrons. The van der Waals surface area contributed by atoms with Crippen molar-refractivity contribution in [2.24, 2.45) is 4.99 Å². The molecule has 0 unspecified atom stereocenters. The summed E-state index contributed by atoms with van der Waals surface area (Å²) in [5, 5.41) is 9.61. The van der Waals surface area contributed by atoms with Crippen molar-refractivity contribution in [3.8, 4) is 11.5 Å². The topological polar surface area (TPSA) is 62.1 Å². The third-order valence-electron chi connectivity index (χ3n) is 4.47. The van der Waals surface area contributed by atoms with Crippen LogP contribution in [-0.4, -0.2) is 24.0 Å². The molecule has 3 aromatic carbocycles. The van der Waals surface area contributed by atoms with E-state index in [0.717, 1.165) is 15.6 Å². The third kappa shape index (κ3) is 3.93. The number of ether oxygens (including phenoxy) is 1. The number of nitrogens with zero attached hydrogens (tertiary/aromatic N) is 2. The number of methoxy groups -OCH3 is 1. The van der Waals surface area contributed by atoms with Gasteiger partial charge < -0.3 is 9.84 Å². The molecule has 1 heterocycles. The summed E-state index contributed by atoms with van der Waals surface area (Å²) in [5.74, 6) is 1.13. The molecular formula is C23H17BrN2O3. The van der Waals surface area contributed by atoms with E-state index in [-0.39, 0.29) is 11.7 Å². The molecule has 1 aliphatic rings. The zero-order valence-electron chi connectivity index (χ0n) is 15.5. The van der Waals surface area contributed by atoms with E-state index in [0.29, 0.717) is 23.0 Å². The Morgan fingerprint density at radius 1 is 1.03 bits per heavy atom. The maximum atomic E-state index is 13.2. The van der Waals surface area contributed by atoms with E-state index in [2.05, 4.69) is 20.9 Å². The van der Waals surface area contributed by atoms with Crippen LogP contribution in [0.5, 0.6) is 11.5 Å². The Kier molecular flexibility index (Phi) is 5.18. The molecule has 6 heteroatoms. The molecule has 0 aromatic heterocycles. The van der Waals surface area contributed by atoms with E-state index in [4.69, 9.17) is 4.74 Å². The Morgan fingerprint density at radius 2 is 1.76 bits per heavy atom. The standard InChI is InChI=1S/C23H17BrN2O3/c1-29-20-4-2-3-15(13-20)14-21-23(28)26(18-9-11-19(27)12-10-18)22(25-21)16-5-7-17(24)8-6-16/h2-14,27H,1H3/b21-14+. The second-order valence-corrected chi connectivity index (χ2v) is 7.32. The van der Waals surface area contributed by atoms with Crippen molar-refractivity contribution in [1.29, 1.82) is 0 Å². The molecule has 0 saturated heterocycles. The Bertz CT molecular complexity index is 1120. The average Bonchev–Trinajstić information content (AvgIpc) is 3.05. The summed E-state index contributed by atoms with van der Waals surface area (Å²) in [4.78, 5) is 19.4. The number of hydrogen-bond acceptors (Lipinski definition) is 4. The highest BCUT2D eigenvalue weighted by Crippen LogP contribution is 2.29. The minimum atomic E-state index is -0.239. The van der Waals surface area contributed by atoms with Crippen molar-refractivity contribution in [2.45, 2.75) is 0 Å². The first-order valence-corrected chi connectivity index (χ1v) is 9.68. The minimum absolute atomic E-state index is 0.134. The van der Waals surface area contributed by atoms with Crippen molar-refractivity contribution in [2.75, 3.05) is 12.0 Å². The Hall–Kier alpha value is -3.38. The molecule has 3 aromatic rings. The predicted octanol–water partition coefficient (Wildman–Crippen LogP) is 5.00. The molecule has 0 bridgehead atoms. The summed E-state index contributed by atoms with van der Waals surface area (Å²) in [6.45, 7) is 0. The lowest BCUT2D eigenvalue weighted by molar-refractivity contribution is -0.113. The number of rotatable bonds is 4. The quantitative estimate of drug-likeness (QED) is 0.571. The fraction of sp³-hybridized carbons (Fsp3) is 0.0435. The van der Waals surface area contributed by atoms with Gasteiger partial charge in [-0.15, -0.1) is 0 Å². The van der Waals surface area contributed by atoms with Gasteiger partial charge in [-0.2, -0.15) is 0 Å². The summed E-state index contributed by atoms with van der Waals surface area (Å²) in [6.07, 6.45) is 1.74. The van der Waals surface area contributed by atoms with Crippen molar-refractivity contribution in [3.63, 3.8) is 0 Å². The van der Waals surface area contributed by atoms with Gasteiger partial charge in [0.05, 0.1) is 12.8 Å². The van der Waals surface area contributed by atoms with Gasteiger partial charge in [0, 0.05) is 10.0 Å². The first-order valence-electron chi connectivity index (χ1n) is 8.89. The second-order valence-electron chi connectivity index (χ2n) is 6.41. The number of carbonyl (C=O) groups excluding carboxylic acids is 1. The largest absolute Gasteiger partial charge is 0.508 e. The fourth-order valence-electron chi connectivity index (χ4n) is 3.04. The van der Waals surface area contributed by atoms with Crippen molar-refractivity contribution >= 4 is 39.4 Å². The van der Waals surface area contributed by atoms with Crippen LogP contribution in [0.1, 0.15) is 11.1 Å². The van der Waals surface area contributed by atoms with Gasteiger partial charge in [0.25, 0.3) is 5.91 Å². The maximum absolute atomic E-state index is 13.2. The summed E-state index contributed by atoms with van der Waals surface area (Å²) in [5.41, 5.74) is 2.58. The molecule has 0 spiro atoms. The molecule has 5 nitrogen and oxygen atoms in total. The Labute approximate surface area is 176 Å². The van der Waals surface area contributed by atoms with Gasteiger partial charge in [0.15, 0.2) is 0 Å². The lowest BCUT2D eigenvalue weighted by Gasteiger charge is -2.18. The lowest BCUT2D eigenvalue weighted by atomic mass is 10.1. The molecule has 29 heavy (non-hydrogen) atoms. The molecule has 0 radical (unpaired) electrons. The highest BCUT2D eigenvalue weighted by molar-refractivity contribution is 9.10. The number of aliphatic imine (C=N–C) groups is 1. The number of phenolic OH excluding ortho intramolecular Hbond substituents is 1. The zero-order chi connectivity index (χ0) is 20.4. The molecule has 0 saturated carbocycles. The number of carbonyl (C=O) groups is 1. The van der Waals surface area contributed by atoms with Crippen LogP contribution in [0.15, 0.2) is 88.0 Å². The summed E-state index contributed by atoms with van der Waals surface area (Å²) in [6, 6.07) is 21.5. The number of amides is 1. The van der Waals surface area contributed by atoms with Crippen molar-refractivity contribution in [3.05, 3.63) is 94.1 Å². The van der Waals surface area contributed by atoms with Gasteiger partial charge in [-0.3, -0.25) is 9.69 Å². The SMILES string of the molecule is COc1cccc(/C=C2/N=C(c3ccc(Br)cc3)N(c3ccc(O)cc3)C2=O)c1. The van der Waals surface area contributed by atoms with Crippen LogP contribution < -0.4 is 9.64 Å². The molecule has 1 N–H and O–H groups in total. The normalized spacial score (nSPS) is 15.0. The number of benzene rings is 3. The van der Waals surface area contributed by atoms with Crippen LogP contribution in [0, 0.1) is 0 Å². The molecule has 4 rings (SSSR count). The highest BCUT2D eigenvalue weighted by atomic mass is 79.9. The minimum Gasteiger partial charge on any atom is -0.508 e. The van der Waals surface area contributed by atoms with E-state index in [1.807, 2.05) is 48.5 Å². The second kappa shape index (κ2) is 7.93. The van der Waals surface area contributed by atoms with Crippen LogP contribution in [-0.2, 0) is 4.79 Å². The van der Waals surface area contributed by atoms with Gasteiger partial charge in [0.1, 0.15) is 23.0 Å². The van der Waals surface area contributed by atoms with Crippen LogP contribution in [0.4, 0.5) is 5.69 Å². The summed E-state index contributed by atoms with van der Waals surface area (Å²) < 4.78 is 6.20. The third-order valence-corrected chi connectivity index (χ3v) is 5.00. The van der Waals surface area contributed by atoms with Crippen molar-refractivity contribution < 1.29 is 14.6 Å². The van der Waals surface area contributed by atoms with Gasteiger partial charge in [-0.25, -0.2) is 4.99 Å². The summed E-state index contributed by atoms with van der Waals surface area (Å²) in [7, 11) is 1.60. The number of anilines is 1. The van der Waals surface area contributed by atoms with Gasteiger partial charge in [-0.05, 0) is 60.2 Å². The van der Waals surface area contributed by atoms with Crippen LogP contribution in [0.25, 0.3) is 6.08 Å². The summed E-state index contributed by atoms with van der Waals surface area (Å²) >= 11 is 3.43. The first kappa shape index (κ1) is 19.0. The van der Waals surface area contributed by atoms with Gasteiger partial charge in [0.2, 0.25) is 0 Å². The van der Waals surface area contributed by atoms with E-state index in [1.54, 1.807) is 42.4 Å². The maximum Gasteiger partial charge on any atom is 0.282 e. The monoisotopic (exact) mass is 448 g/mol. The molecule has 0 aliphatic carbocycles. The number of halogens is 1. The number of amidine groups is 1. The van der Waals surface area contributed by atoms with E-state index in [9.17, 15) is 9.90 Å². The Morgan fingerprint density at radius 3 is 2.45 bits per heavy atom. The highest BCUT2D eigenvalue weighted by Gasteiger charge is 2.32. The number of phenols is 1. The van der Waals surface area contributed by atoms with Crippen LogP contribution in [0.3, 0.4) is 0 Å². The number of aromatic hydroxyl groups is 1. The lowest BCUT2D eigenvalue weighted by Crippen LogP contribution is -2.32. The smallest absolute Gasteiger partial charge is 0.282 e. The molecular weight excluding hydrogens is 432 g/mol. The van der Waals surface area contributed by atoms with E-state index in [1.165, 1.54) is 0 Å². The van der Waals surface area contributed by atoms with E-state index >= 15 is 0 Å². The van der Waals surface area contributed by atoms with Crippen molar-refractivity contribution in [1.82, 2.24) is 0 Å². The van der Waals surface area contributed by atoms with Gasteiger partial charge >= 0.3 is 0 Å². The number of hydrogen-bond donors (Lipinski definition) is 1. The zero-order valence-corrected chi connectivity index (χ0v) is 17.1. The van der Waals surface area contributed by atoms with Gasteiger partial charge in [-0.1, -0.05) is 40.2 Å². The molecule has 0 atom stereocenters. The van der Waals surface area contributed by atoms with Crippen LogP contribution in [0.2, 0.25) is 0 Å². The molecule has 0 fully saturated rings. The van der Waals surface area contributed by atoms with E-state index < -0.39 is 0 Å². The predicted molar refractivity (Wildman–Crippen MR) is 117 cm³/mol. The Balaban J connectivity index is 1.81. The van der Waals surface area contributed by atoms with Crippen LogP contribution >= 0.6 is 15.9 Å². The molecule has 1 aliphatic heterocycles. The molecule has 1 amide bonds. The first-order chi connectivity index (χ1) is 14.0. The fourth-order valence-corrected chi connectivity index (χ4v) is 3.30. The average molecular weight is 449 g/mol.